The summed E-state index contributed by atoms with van der Waals surface area (Å²) in [4.78, 5) is 30.2. The van der Waals surface area contributed by atoms with Gasteiger partial charge in [-0.25, -0.2) is 4.98 Å². The van der Waals surface area contributed by atoms with E-state index in [1.807, 2.05) is 13.0 Å². The summed E-state index contributed by atoms with van der Waals surface area (Å²) in [6, 6.07) is 17.1. The zero-order valence-electron chi connectivity index (χ0n) is 19.2. The van der Waals surface area contributed by atoms with Gasteiger partial charge in [0.15, 0.2) is 6.61 Å². The SMILES string of the molecule is CCCc1nc2ccc(Br)cc2c(=O)n1N=Cc1cc(Cl)ccc1OCC(=O)Nc1ccc(Cl)cc1. The summed E-state index contributed by atoms with van der Waals surface area (Å²) in [5.41, 5.74) is 1.43. The van der Waals surface area contributed by atoms with Crippen molar-refractivity contribution < 1.29 is 9.53 Å². The summed E-state index contributed by atoms with van der Waals surface area (Å²) in [5.74, 6) is 0.581. The molecule has 0 aliphatic rings. The van der Waals surface area contributed by atoms with Crippen LogP contribution in [0.1, 0.15) is 24.7 Å². The maximum Gasteiger partial charge on any atom is 0.282 e. The molecule has 0 radical (unpaired) electrons. The van der Waals surface area contributed by atoms with Crippen LogP contribution < -0.4 is 15.6 Å². The van der Waals surface area contributed by atoms with E-state index in [0.29, 0.717) is 50.2 Å². The molecule has 1 amide bonds. The third kappa shape index (κ3) is 6.32. The number of halogens is 3. The molecule has 1 N–H and O–H groups in total. The average Bonchev–Trinajstić information content (AvgIpc) is 2.85. The van der Waals surface area contributed by atoms with Crippen molar-refractivity contribution in [3.05, 3.63) is 96.9 Å². The lowest BCUT2D eigenvalue weighted by molar-refractivity contribution is -0.118. The predicted octanol–water partition coefficient (Wildman–Crippen LogP) is 6.32. The molecular weight excluding hydrogens is 567 g/mol. The van der Waals surface area contributed by atoms with E-state index in [9.17, 15) is 9.59 Å². The molecule has 3 aromatic carbocycles. The fraction of sp³-hybridized carbons (Fsp3) is 0.154. The number of hydrogen-bond donors (Lipinski definition) is 1. The van der Waals surface area contributed by atoms with E-state index in [1.54, 1.807) is 54.6 Å². The summed E-state index contributed by atoms with van der Waals surface area (Å²) in [7, 11) is 0. The molecule has 0 spiro atoms. The van der Waals surface area contributed by atoms with Gasteiger partial charge in [-0.05, 0) is 67.1 Å². The number of anilines is 1. The second kappa shape index (κ2) is 11.7. The van der Waals surface area contributed by atoms with Crippen molar-refractivity contribution in [3.63, 3.8) is 0 Å². The smallest absolute Gasteiger partial charge is 0.282 e. The Labute approximate surface area is 225 Å². The summed E-state index contributed by atoms with van der Waals surface area (Å²) in [6.45, 7) is 1.77. The minimum atomic E-state index is -0.346. The summed E-state index contributed by atoms with van der Waals surface area (Å²) >= 11 is 15.5. The Kier molecular flexibility index (Phi) is 8.40. The molecule has 0 saturated heterocycles. The number of nitrogens with one attached hydrogen (secondary N) is 1. The number of fused-ring (bicyclic) bond motifs is 1. The second-order valence-corrected chi connectivity index (χ2v) is 9.62. The Morgan fingerprint density at radius 3 is 2.61 bits per heavy atom. The average molecular weight is 588 g/mol. The number of hydrogen-bond acceptors (Lipinski definition) is 5. The van der Waals surface area contributed by atoms with Gasteiger partial charge in [-0.3, -0.25) is 9.59 Å². The standard InChI is InChI=1S/C26H21BrCl2N4O3/c1-2-3-24-32-22-10-4-17(27)13-21(22)26(35)33(24)30-14-16-12-19(29)7-11-23(16)36-15-25(34)31-20-8-5-18(28)6-9-20/h4-14H,2-3,15H2,1H3,(H,31,34). The molecule has 1 heterocycles. The van der Waals surface area contributed by atoms with Crippen LogP contribution in [0.15, 0.2) is 75.0 Å². The van der Waals surface area contributed by atoms with E-state index in [4.69, 9.17) is 27.9 Å². The van der Waals surface area contributed by atoms with Crippen molar-refractivity contribution in [2.75, 3.05) is 11.9 Å². The molecule has 1 aromatic heterocycles. The van der Waals surface area contributed by atoms with Crippen LogP contribution in [0, 0.1) is 0 Å². The van der Waals surface area contributed by atoms with E-state index >= 15 is 0 Å². The molecule has 0 bridgehead atoms. The van der Waals surface area contributed by atoms with Crippen molar-refractivity contribution in [1.82, 2.24) is 9.66 Å². The van der Waals surface area contributed by atoms with Crippen LogP contribution in [0.4, 0.5) is 5.69 Å². The van der Waals surface area contributed by atoms with Gasteiger partial charge in [-0.2, -0.15) is 9.78 Å². The quantitative estimate of drug-likeness (QED) is 0.244. The van der Waals surface area contributed by atoms with E-state index in [2.05, 4.69) is 31.3 Å². The van der Waals surface area contributed by atoms with E-state index < -0.39 is 0 Å². The summed E-state index contributed by atoms with van der Waals surface area (Å²) in [5, 5.41) is 8.64. The number of nitrogens with zero attached hydrogens (tertiary/aromatic N) is 3. The normalized spacial score (nSPS) is 11.2. The van der Waals surface area contributed by atoms with Crippen molar-refractivity contribution in [2.24, 2.45) is 5.10 Å². The maximum atomic E-state index is 13.2. The summed E-state index contributed by atoms with van der Waals surface area (Å²) < 4.78 is 7.80. The van der Waals surface area contributed by atoms with Gasteiger partial charge in [0.2, 0.25) is 0 Å². The molecule has 0 saturated carbocycles. The van der Waals surface area contributed by atoms with Gasteiger partial charge in [0.1, 0.15) is 11.6 Å². The molecule has 10 heteroatoms. The molecule has 0 aliphatic carbocycles. The lowest BCUT2D eigenvalue weighted by Gasteiger charge is -2.11. The second-order valence-electron chi connectivity index (χ2n) is 7.83. The van der Waals surface area contributed by atoms with Gasteiger partial charge >= 0.3 is 0 Å². The molecular formula is C26H21BrCl2N4O3. The lowest BCUT2D eigenvalue weighted by atomic mass is 10.2. The lowest BCUT2D eigenvalue weighted by Crippen LogP contribution is -2.22. The number of amides is 1. The van der Waals surface area contributed by atoms with Crippen LogP contribution in [-0.2, 0) is 11.2 Å². The van der Waals surface area contributed by atoms with E-state index in [0.717, 1.165) is 10.9 Å². The Hall–Kier alpha value is -3.20. The number of carbonyl (C=O) groups excluding carboxylic acids is 1. The van der Waals surface area contributed by atoms with Gasteiger partial charge in [0.25, 0.3) is 11.5 Å². The Bertz CT molecular complexity index is 1500. The molecule has 7 nitrogen and oxygen atoms in total. The highest BCUT2D eigenvalue weighted by molar-refractivity contribution is 9.10. The van der Waals surface area contributed by atoms with E-state index in [1.165, 1.54) is 10.9 Å². The number of carbonyl (C=O) groups is 1. The first-order valence-corrected chi connectivity index (χ1v) is 12.6. The Morgan fingerprint density at radius 1 is 1.11 bits per heavy atom. The molecule has 4 aromatic rings. The fourth-order valence-corrected chi connectivity index (χ4v) is 4.11. The van der Waals surface area contributed by atoms with Gasteiger partial charge < -0.3 is 10.1 Å². The molecule has 0 unspecified atom stereocenters. The van der Waals surface area contributed by atoms with Crippen molar-refractivity contribution in [3.8, 4) is 5.75 Å². The molecule has 184 valence electrons. The largest absolute Gasteiger partial charge is 0.483 e. The topological polar surface area (TPSA) is 85.6 Å². The van der Waals surface area contributed by atoms with Gasteiger partial charge in [0, 0.05) is 32.2 Å². The molecule has 0 fully saturated rings. The van der Waals surface area contributed by atoms with Crippen LogP contribution in [0.25, 0.3) is 10.9 Å². The number of benzene rings is 3. The van der Waals surface area contributed by atoms with Gasteiger partial charge in [0.05, 0.1) is 17.1 Å². The van der Waals surface area contributed by atoms with Crippen molar-refractivity contribution in [2.45, 2.75) is 19.8 Å². The van der Waals surface area contributed by atoms with Crippen molar-refractivity contribution >= 4 is 67.8 Å². The molecule has 0 aliphatic heterocycles. The van der Waals surface area contributed by atoms with Gasteiger partial charge in [-0.15, -0.1) is 0 Å². The third-order valence-electron chi connectivity index (χ3n) is 5.12. The highest BCUT2D eigenvalue weighted by Gasteiger charge is 2.12. The highest BCUT2D eigenvalue weighted by atomic mass is 79.9. The van der Waals surface area contributed by atoms with Crippen LogP contribution in [0.3, 0.4) is 0 Å². The Balaban J connectivity index is 1.60. The summed E-state index contributed by atoms with van der Waals surface area (Å²) in [6.07, 6.45) is 2.84. The minimum absolute atomic E-state index is 0.238. The Morgan fingerprint density at radius 2 is 1.86 bits per heavy atom. The molecule has 0 atom stereocenters. The zero-order chi connectivity index (χ0) is 25.7. The van der Waals surface area contributed by atoms with Gasteiger partial charge in [-0.1, -0.05) is 46.1 Å². The van der Waals surface area contributed by atoms with E-state index in [-0.39, 0.29) is 18.1 Å². The zero-order valence-corrected chi connectivity index (χ0v) is 22.3. The molecule has 36 heavy (non-hydrogen) atoms. The van der Waals surface area contributed by atoms with Crippen molar-refractivity contribution in [1.29, 1.82) is 0 Å². The van der Waals surface area contributed by atoms with Crippen LogP contribution in [0.2, 0.25) is 10.0 Å². The number of aromatic nitrogens is 2. The van der Waals surface area contributed by atoms with Crippen LogP contribution >= 0.6 is 39.1 Å². The monoisotopic (exact) mass is 586 g/mol. The minimum Gasteiger partial charge on any atom is -0.483 e. The third-order valence-corrected chi connectivity index (χ3v) is 6.10. The number of aryl methyl sites for hydroxylation is 1. The first-order chi connectivity index (χ1) is 17.3. The maximum absolute atomic E-state index is 13.2. The first-order valence-electron chi connectivity index (χ1n) is 11.1. The van der Waals surface area contributed by atoms with Crippen LogP contribution in [0.5, 0.6) is 5.75 Å². The number of ether oxygens (including phenoxy) is 1. The predicted molar refractivity (Wildman–Crippen MR) is 148 cm³/mol. The highest BCUT2D eigenvalue weighted by Crippen LogP contribution is 2.22. The number of rotatable bonds is 8. The van der Waals surface area contributed by atoms with Crippen LogP contribution in [-0.4, -0.2) is 28.4 Å². The fourth-order valence-electron chi connectivity index (χ4n) is 3.44. The molecule has 4 rings (SSSR count). The first kappa shape index (κ1) is 25.9.